The van der Waals surface area contributed by atoms with Crippen molar-refractivity contribution in [3.8, 4) is 0 Å². The number of ether oxygens (including phenoxy) is 1. The number of hydrogen-bond acceptors (Lipinski definition) is 4. The van der Waals surface area contributed by atoms with Gasteiger partial charge in [-0.05, 0) is 31.3 Å². The third kappa shape index (κ3) is 6.13. The fourth-order valence-corrected chi connectivity index (χ4v) is 2.46. The van der Waals surface area contributed by atoms with E-state index in [1.165, 1.54) is 0 Å². The molecule has 0 bridgehead atoms. The van der Waals surface area contributed by atoms with Gasteiger partial charge in [-0.15, -0.1) is 0 Å². The molecule has 1 aromatic carbocycles. The summed E-state index contributed by atoms with van der Waals surface area (Å²) in [5.41, 5.74) is 0.824. The van der Waals surface area contributed by atoms with Crippen LogP contribution in [0.15, 0.2) is 28.7 Å². The zero-order valence-corrected chi connectivity index (χ0v) is 13.9. The summed E-state index contributed by atoms with van der Waals surface area (Å²) in [6.45, 7) is 5.86. The van der Waals surface area contributed by atoms with E-state index in [0.29, 0.717) is 6.54 Å². The molecule has 2 rings (SSSR count). The minimum absolute atomic E-state index is 0.0156. The molecule has 21 heavy (non-hydrogen) atoms. The number of hydrogen-bond donors (Lipinski definition) is 1. The first-order valence-electron chi connectivity index (χ1n) is 7.17. The molecule has 0 radical (unpaired) electrons. The summed E-state index contributed by atoms with van der Waals surface area (Å²) < 4.78 is 6.33. The largest absolute Gasteiger partial charge is 0.379 e. The number of benzene rings is 1. The normalized spacial score (nSPS) is 16.1. The number of likely N-dealkylation sites (N-methyl/N-ethyl adjacent to an activating group) is 1. The van der Waals surface area contributed by atoms with Crippen molar-refractivity contribution < 1.29 is 9.53 Å². The van der Waals surface area contributed by atoms with Crippen molar-refractivity contribution in [2.45, 2.75) is 0 Å². The molecule has 116 valence electrons. The van der Waals surface area contributed by atoms with E-state index in [1.807, 2.05) is 36.2 Å². The van der Waals surface area contributed by atoms with Gasteiger partial charge in [0.1, 0.15) is 0 Å². The Balaban J connectivity index is 1.67. The molecule has 6 heteroatoms. The van der Waals surface area contributed by atoms with E-state index in [9.17, 15) is 4.79 Å². The molecule has 1 saturated heterocycles. The average molecular weight is 356 g/mol. The zero-order valence-electron chi connectivity index (χ0n) is 12.3. The van der Waals surface area contributed by atoms with Crippen molar-refractivity contribution in [1.29, 1.82) is 0 Å². The number of rotatable bonds is 6. The molecule has 0 aromatic heterocycles. The SMILES string of the molecule is CN(CCN1CCOCC1)CC(=O)Nc1ccc(Br)cc1. The lowest BCUT2D eigenvalue weighted by Crippen LogP contribution is -2.42. The second-order valence-electron chi connectivity index (χ2n) is 5.25. The number of halogens is 1. The molecule has 0 spiro atoms. The van der Waals surface area contributed by atoms with Crippen LogP contribution < -0.4 is 5.32 Å². The highest BCUT2D eigenvalue weighted by Gasteiger charge is 2.12. The van der Waals surface area contributed by atoms with Gasteiger partial charge in [0.05, 0.1) is 19.8 Å². The van der Waals surface area contributed by atoms with Crippen LogP contribution in [0.5, 0.6) is 0 Å². The zero-order chi connectivity index (χ0) is 15.1. The molecular weight excluding hydrogens is 334 g/mol. The number of nitrogens with zero attached hydrogens (tertiary/aromatic N) is 2. The standard InChI is InChI=1S/C15H22BrN3O2/c1-18(6-7-19-8-10-21-11-9-19)12-15(20)17-14-4-2-13(16)3-5-14/h2-5H,6-12H2,1H3,(H,17,20). The minimum atomic E-state index is 0.0156. The maximum atomic E-state index is 12.0. The van der Waals surface area contributed by atoms with E-state index in [2.05, 4.69) is 26.1 Å². The monoisotopic (exact) mass is 355 g/mol. The topological polar surface area (TPSA) is 44.8 Å². The Labute approximate surface area is 134 Å². The van der Waals surface area contributed by atoms with Crippen LogP contribution in [0.4, 0.5) is 5.69 Å². The van der Waals surface area contributed by atoms with Crippen molar-refractivity contribution in [3.05, 3.63) is 28.7 Å². The number of anilines is 1. The first kappa shape index (κ1) is 16.4. The number of amides is 1. The van der Waals surface area contributed by atoms with Crippen molar-refractivity contribution in [1.82, 2.24) is 9.80 Å². The Morgan fingerprint density at radius 2 is 2.00 bits per heavy atom. The van der Waals surface area contributed by atoms with E-state index < -0.39 is 0 Å². The minimum Gasteiger partial charge on any atom is -0.379 e. The van der Waals surface area contributed by atoms with Gasteiger partial charge < -0.3 is 10.1 Å². The summed E-state index contributed by atoms with van der Waals surface area (Å²) >= 11 is 3.38. The molecule has 0 aliphatic carbocycles. The van der Waals surface area contributed by atoms with Crippen LogP contribution in [0.2, 0.25) is 0 Å². The Morgan fingerprint density at radius 1 is 1.33 bits per heavy atom. The molecule has 1 heterocycles. The Morgan fingerprint density at radius 3 is 2.67 bits per heavy atom. The van der Waals surface area contributed by atoms with Gasteiger partial charge in [0.25, 0.3) is 0 Å². The molecule has 1 aromatic rings. The highest BCUT2D eigenvalue weighted by atomic mass is 79.9. The van der Waals surface area contributed by atoms with Gasteiger partial charge in [0.2, 0.25) is 5.91 Å². The lowest BCUT2D eigenvalue weighted by atomic mass is 10.3. The molecule has 0 saturated carbocycles. The molecule has 1 aliphatic heterocycles. The highest BCUT2D eigenvalue weighted by Crippen LogP contribution is 2.13. The second-order valence-corrected chi connectivity index (χ2v) is 6.16. The summed E-state index contributed by atoms with van der Waals surface area (Å²) in [5, 5.41) is 2.90. The summed E-state index contributed by atoms with van der Waals surface area (Å²) in [7, 11) is 1.97. The Kier molecular flexibility index (Phi) is 6.63. The van der Waals surface area contributed by atoms with Gasteiger partial charge in [-0.2, -0.15) is 0 Å². The van der Waals surface area contributed by atoms with Gasteiger partial charge >= 0.3 is 0 Å². The summed E-state index contributed by atoms with van der Waals surface area (Å²) in [5.74, 6) is 0.0156. The third-order valence-electron chi connectivity index (χ3n) is 3.44. The maximum absolute atomic E-state index is 12.0. The van der Waals surface area contributed by atoms with Gasteiger partial charge in [-0.25, -0.2) is 0 Å². The molecule has 1 fully saturated rings. The second kappa shape index (κ2) is 8.48. The quantitative estimate of drug-likeness (QED) is 0.842. The molecular formula is C15H22BrN3O2. The molecule has 0 unspecified atom stereocenters. The summed E-state index contributed by atoms with van der Waals surface area (Å²) in [4.78, 5) is 16.4. The molecule has 1 N–H and O–H groups in total. The predicted octanol–water partition coefficient (Wildman–Crippen LogP) is 1.65. The number of morpholine rings is 1. The van der Waals surface area contributed by atoms with E-state index in [-0.39, 0.29) is 5.91 Å². The molecule has 1 aliphatic rings. The lowest BCUT2D eigenvalue weighted by Gasteiger charge is -2.28. The van der Waals surface area contributed by atoms with Crippen LogP contribution in [-0.4, -0.2) is 68.7 Å². The van der Waals surface area contributed by atoms with Gasteiger partial charge in [0.15, 0.2) is 0 Å². The van der Waals surface area contributed by atoms with Crippen LogP contribution in [0.3, 0.4) is 0 Å². The van der Waals surface area contributed by atoms with Crippen molar-refractivity contribution >= 4 is 27.5 Å². The van der Waals surface area contributed by atoms with E-state index in [0.717, 1.165) is 49.6 Å². The van der Waals surface area contributed by atoms with Gasteiger partial charge in [-0.1, -0.05) is 15.9 Å². The van der Waals surface area contributed by atoms with Crippen LogP contribution in [-0.2, 0) is 9.53 Å². The fourth-order valence-electron chi connectivity index (χ4n) is 2.19. The number of nitrogens with one attached hydrogen (secondary N) is 1. The summed E-state index contributed by atoms with van der Waals surface area (Å²) in [6.07, 6.45) is 0. The molecule has 1 amide bonds. The molecule has 0 atom stereocenters. The smallest absolute Gasteiger partial charge is 0.238 e. The Hall–Kier alpha value is -0.950. The van der Waals surface area contributed by atoms with Crippen molar-refractivity contribution in [3.63, 3.8) is 0 Å². The maximum Gasteiger partial charge on any atom is 0.238 e. The highest BCUT2D eigenvalue weighted by molar-refractivity contribution is 9.10. The first-order chi connectivity index (χ1) is 10.1. The van der Waals surface area contributed by atoms with E-state index >= 15 is 0 Å². The van der Waals surface area contributed by atoms with E-state index in [4.69, 9.17) is 4.74 Å². The van der Waals surface area contributed by atoms with Crippen LogP contribution in [0.25, 0.3) is 0 Å². The van der Waals surface area contributed by atoms with Crippen LogP contribution in [0, 0.1) is 0 Å². The number of carbonyl (C=O) groups excluding carboxylic acids is 1. The predicted molar refractivity (Wildman–Crippen MR) is 87.5 cm³/mol. The Bertz CT molecular complexity index is 447. The average Bonchev–Trinajstić information content (AvgIpc) is 2.48. The van der Waals surface area contributed by atoms with Gasteiger partial charge in [-0.3, -0.25) is 14.6 Å². The lowest BCUT2D eigenvalue weighted by molar-refractivity contribution is -0.117. The fraction of sp³-hybridized carbons (Fsp3) is 0.533. The van der Waals surface area contributed by atoms with Crippen LogP contribution >= 0.6 is 15.9 Å². The van der Waals surface area contributed by atoms with Crippen LogP contribution in [0.1, 0.15) is 0 Å². The van der Waals surface area contributed by atoms with E-state index in [1.54, 1.807) is 0 Å². The van der Waals surface area contributed by atoms with Gasteiger partial charge in [0, 0.05) is 36.3 Å². The first-order valence-corrected chi connectivity index (χ1v) is 7.97. The van der Waals surface area contributed by atoms with Crippen molar-refractivity contribution in [2.24, 2.45) is 0 Å². The van der Waals surface area contributed by atoms with Crippen molar-refractivity contribution in [2.75, 3.05) is 58.3 Å². The number of carbonyl (C=O) groups is 1. The third-order valence-corrected chi connectivity index (χ3v) is 3.97. The summed E-state index contributed by atoms with van der Waals surface area (Å²) in [6, 6.07) is 7.60. The molecule has 5 nitrogen and oxygen atoms in total.